The Labute approximate surface area is 387 Å². The SMILES string of the molecule is C#Cc1c(F)ccc2cc(OCOC(=O)CCCCCCCCCCCCCCCC)cc(-c3cc4c5c(nc(OC[C@@]67CCCN6C[C@H](F)C7)nc5c3F)N3C[C@H]5CC[C@H](N5)[C@H]3CO4)c12. The van der Waals surface area contributed by atoms with Crippen LogP contribution in [0.3, 0.4) is 0 Å². The summed E-state index contributed by atoms with van der Waals surface area (Å²) in [5, 5.41) is 4.95. The first-order valence-corrected chi connectivity index (χ1v) is 25.0. The van der Waals surface area contributed by atoms with Gasteiger partial charge < -0.3 is 29.2 Å². The highest BCUT2D eigenvalue weighted by molar-refractivity contribution is 6.06. The van der Waals surface area contributed by atoms with Crippen molar-refractivity contribution in [2.24, 2.45) is 0 Å². The van der Waals surface area contributed by atoms with Crippen LogP contribution in [0, 0.1) is 24.0 Å². The summed E-state index contributed by atoms with van der Waals surface area (Å²) in [6, 6.07) is 8.03. The molecule has 5 atom stereocenters. The average Bonchev–Trinajstić information content (AvgIpc) is 3.96. The maximum Gasteiger partial charge on any atom is 0.319 e. The van der Waals surface area contributed by atoms with Crippen molar-refractivity contribution >= 4 is 33.5 Å². The molecule has 0 saturated carbocycles. The van der Waals surface area contributed by atoms with E-state index >= 15 is 8.78 Å². The van der Waals surface area contributed by atoms with Gasteiger partial charge in [0.15, 0.2) is 5.82 Å². The Morgan fingerprint density at radius 3 is 2.44 bits per heavy atom. The van der Waals surface area contributed by atoms with Crippen LogP contribution < -0.4 is 24.4 Å². The van der Waals surface area contributed by atoms with Gasteiger partial charge in [-0.15, -0.1) is 6.42 Å². The van der Waals surface area contributed by atoms with Crippen LogP contribution in [0.2, 0.25) is 0 Å². The molecule has 0 aliphatic carbocycles. The summed E-state index contributed by atoms with van der Waals surface area (Å²) in [6.45, 7) is 4.21. The fourth-order valence-electron chi connectivity index (χ4n) is 11.5. The number of alkyl halides is 1. The van der Waals surface area contributed by atoms with E-state index < -0.39 is 23.3 Å². The summed E-state index contributed by atoms with van der Waals surface area (Å²) in [5.41, 5.74) is -0.188. The number of aromatic nitrogens is 2. The Kier molecular flexibility index (Phi) is 14.7. The van der Waals surface area contributed by atoms with Crippen LogP contribution in [0.5, 0.6) is 17.5 Å². The third-order valence-corrected chi connectivity index (χ3v) is 15.0. The van der Waals surface area contributed by atoms with E-state index in [1.165, 1.54) is 76.7 Å². The topological polar surface area (TPSA) is 98.3 Å². The number of anilines is 1. The number of piperazine rings is 1. The van der Waals surface area contributed by atoms with Crippen molar-refractivity contribution in [2.75, 3.05) is 44.5 Å². The van der Waals surface area contributed by atoms with E-state index in [1.54, 1.807) is 24.3 Å². The van der Waals surface area contributed by atoms with Gasteiger partial charge in [0.05, 0.1) is 22.5 Å². The number of rotatable bonds is 22. The number of carbonyl (C=O) groups is 1. The lowest BCUT2D eigenvalue weighted by Crippen LogP contribution is -2.60. The Hall–Kier alpha value is -4.80. The number of unbranched alkanes of at least 4 members (excludes halogenated alkanes) is 13. The maximum atomic E-state index is 17.7. The number of benzene rings is 3. The van der Waals surface area contributed by atoms with Crippen LogP contribution in [-0.4, -0.2) is 90.3 Å². The number of terminal acetylenes is 1. The molecule has 66 heavy (non-hydrogen) atoms. The second-order valence-electron chi connectivity index (χ2n) is 19.5. The van der Waals surface area contributed by atoms with Crippen molar-refractivity contribution in [1.29, 1.82) is 0 Å². The molecule has 1 aromatic heterocycles. The monoisotopic (exact) mass is 910 g/mol. The quantitative estimate of drug-likeness (QED) is 0.0355. The summed E-state index contributed by atoms with van der Waals surface area (Å²) < 4.78 is 72.5. The molecule has 6 heterocycles. The molecule has 4 fully saturated rings. The first-order valence-electron chi connectivity index (χ1n) is 25.0. The summed E-state index contributed by atoms with van der Waals surface area (Å²) in [7, 11) is 0. The number of hydrogen-bond donors (Lipinski definition) is 1. The van der Waals surface area contributed by atoms with E-state index in [4.69, 9.17) is 35.3 Å². The first kappa shape index (κ1) is 46.3. The van der Waals surface area contributed by atoms with E-state index in [2.05, 4.69) is 28.0 Å². The van der Waals surface area contributed by atoms with Gasteiger partial charge in [-0.1, -0.05) is 102 Å². The minimum atomic E-state index is -0.939. The van der Waals surface area contributed by atoms with Crippen LogP contribution in [0.25, 0.3) is 32.8 Å². The molecule has 10 nitrogen and oxygen atoms in total. The molecule has 0 amide bonds. The van der Waals surface area contributed by atoms with Gasteiger partial charge in [-0.3, -0.25) is 9.69 Å². The number of fused-ring (bicyclic) bond motifs is 7. The number of ether oxygens (including phenoxy) is 4. The van der Waals surface area contributed by atoms with Gasteiger partial charge in [-0.2, -0.15) is 9.97 Å². The normalized spacial score (nSPS) is 23.1. The highest BCUT2D eigenvalue weighted by Crippen LogP contribution is 2.47. The van der Waals surface area contributed by atoms with Crippen LogP contribution >= 0.6 is 0 Å². The molecule has 0 spiro atoms. The van der Waals surface area contributed by atoms with E-state index in [0.717, 1.165) is 51.5 Å². The fraction of sp³-hybridized carbons (Fsp3) is 0.604. The third kappa shape index (κ3) is 9.92. The second kappa shape index (κ2) is 21.0. The highest BCUT2D eigenvalue weighted by atomic mass is 19.1. The van der Waals surface area contributed by atoms with Gasteiger partial charge in [-0.25, -0.2) is 13.2 Å². The average molecular weight is 910 g/mol. The molecule has 0 radical (unpaired) electrons. The van der Waals surface area contributed by atoms with E-state index in [1.807, 2.05) is 0 Å². The number of carbonyl (C=O) groups excluding carboxylic acids is 1. The summed E-state index contributed by atoms with van der Waals surface area (Å²) in [6.07, 6.45) is 26.6. The Balaban J connectivity index is 0.925. The van der Waals surface area contributed by atoms with Crippen molar-refractivity contribution in [2.45, 2.75) is 165 Å². The van der Waals surface area contributed by atoms with Gasteiger partial charge in [0.2, 0.25) is 6.79 Å². The lowest BCUT2D eigenvalue weighted by molar-refractivity contribution is -0.150. The molecule has 9 rings (SSSR count). The minimum absolute atomic E-state index is 0.00256. The molecule has 3 aromatic carbocycles. The zero-order chi connectivity index (χ0) is 45.6. The van der Waals surface area contributed by atoms with Crippen LogP contribution in [0.4, 0.5) is 19.0 Å². The van der Waals surface area contributed by atoms with Crippen molar-refractivity contribution in [3.63, 3.8) is 0 Å². The molecule has 354 valence electrons. The molecule has 1 N–H and O–H groups in total. The molecular weight excluding hydrogens is 844 g/mol. The minimum Gasteiger partial charge on any atom is -0.491 e. The third-order valence-electron chi connectivity index (χ3n) is 15.0. The Morgan fingerprint density at radius 1 is 0.924 bits per heavy atom. The van der Waals surface area contributed by atoms with Crippen LogP contribution in [0.15, 0.2) is 30.3 Å². The first-order chi connectivity index (χ1) is 32.2. The zero-order valence-corrected chi connectivity index (χ0v) is 38.6. The molecule has 4 saturated heterocycles. The van der Waals surface area contributed by atoms with Crippen molar-refractivity contribution in [1.82, 2.24) is 20.2 Å². The molecule has 5 aliphatic rings. The molecule has 4 aromatic rings. The molecule has 0 unspecified atom stereocenters. The van der Waals surface area contributed by atoms with Crippen molar-refractivity contribution in [3.05, 3.63) is 47.5 Å². The lowest BCUT2D eigenvalue weighted by atomic mass is 9.92. The molecule has 13 heteroatoms. The second-order valence-corrected chi connectivity index (χ2v) is 19.5. The number of esters is 1. The number of nitrogens with zero attached hydrogens (tertiary/aromatic N) is 4. The molecule has 2 bridgehead atoms. The van der Waals surface area contributed by atoms with E-state index in [9.17, 15) is 9.18 Å². The van der Waals surface area contributed by atoms with Crippen LogP contribution in [0.1, 0.15) is 141 Å². The number of nitrogens with one attached hydrogen (secondary N) is 1. The molecule has 5 aliphatic heterocycles. The van der Waals surface area contributed by atoms with E-state index in [0.29, 0.717) is 60.3 Å². The van der Waals surface area contributed by atoms with Gasteiger partial charge in [0.25, 0.3) is 0 Å². The summed E-state index contributed by atoms with van der Waals surface area (Å²) >= 11 is 0. The van der Waals surface area contributed by atoms with E-state index in [-0.39, 0.29) is 71.5 Å². The highest BCUT2D eigenvalue weighted by Gasteiger charge is 2.50. The van der Waals surface area contributed by atoms with Crippen molar-refractivity contribution < 1.29 is 36.9 Å². The van der Waals surface area contributed by atoms with Gasteiger partial charge >= 0.3 is 12.0 Å². The van der Waals surface area contributed by atoms with Crippen molar-refractivity contribution in [3.8, 4) is 41.0 Å². The standard InChI is InChI=1S/C53H66F3N5O5/c1-3-5-6-7-8-9-10-11-12-13-14-15-16-17-19-46(62)66-34-65-38-26-35-20-22-42(55)39(4-2)47(35)40(27-38)41-28-45-48-50(49(41)56)58-52(64-33-53-24-18-25-60(53)30-36(54)29-53)59-51(48)61-31-37-21-23-43(57-37)44(61)32-63-45/h2,20,22,26-28,36-37,43-44,57H,3,5-19,21,23-25,29-34H2,1H3/t36-,37-,43+,44-,53+/m1/s1. The van der Waals surface area contributed by atoms with Gasteiger partial charge in [0.1, 0.15) is 48.0 Å². The summed E-state index contributed by atoms with van der Waals surface area (Å²) in [5.74, 6) is 1.98. The largest absolute Gasteiger partial charge is 0.491 e. The van der Waals surface area contributed by atoms with Crippen LogP contribution in [-0.2, 0) is 9.53 Å². The maximum absolute atomic E-state index is 17.7. The number of halogens is 3. The Bertz CT molecular complexity index is 2410. The predicted octanol–water partition coefficient (Wildman–Crippen LogP) is 11.1. The van der Waals surface area contributed by atoms with Gasteiger partial charge in [-0.05, 0) is 73.9 Å². The Morgan fingerprint density at radius 2 is 1.68 bits per heavy atom. The fourth-order valence-corrected chi connectivity index (χ4v) is 11.5. The molecular formula is C53H66F3N5O5. The smallest absolute Gasteiger partial charge is 0.319 e. The number of hydrogen-bond acceptors (Lipinski definition) is 10. The van der Waals surface area contributed by atoms with Gasteiger partial charge in [0, 0.05) is 49.0 Å². The zero-order valence-electron chi connectivity index (χ0n) is 38.6. The lowest BCUT2D eigenvalue weighted by Gasteiger charge is -2.40. The predicted molar refractivity (Wildman–Crippen MR) is 252 cm³/mol. The summed E-state index contributed by atoms with van der Waals surface area (Å²) in [4.78, 5) is 26.8.